The second kappa shape index (κ2) is 6.17. The normalized spacial score (nSPS) is 18.7. The van der Waals surface area contributed by atoms with E-state index in [0.29, 0.717) is 6.04 Å². The Kier molecular flexibility index (Phi) is 4.57. The Morgan fingerprint density at radius 3 is 2.76 bits per heavy atom. The number of aromatic nitrogens is 2. The van der Waals surface area contributed by atoms with E-state index in [9.17, 15) is 0 Å². The zero-order valence-electron chi connectivity index (χ0n) is 10.9. The van der Waals surface area contributed by atoms with E-state index in [1.54, 1.807) is 7.11 Å². The van der Waals surface area contributed by atoms with E-state index in [-0.39, 0.29) is 0 Å². The molecule has 0 amide bonds. The van der Waals surface area contributed by atoms with Crippen LogP contribution in [-0.2, 0) is 11.2 Å². The average Bonchev–Trinajstić information content (AvgIpc) is 2.86. The topological polar surface area (TPSA) is 30.3 Å². The fourth-order valence-corrected chi connectivity index (χ4v) is 2.39. The van der Waals surface area contributed by atoms with Gasteiger partial charge in [0.1, 0.15) is 0 Å². The maximum absolute atomic E-state index is 5.11. The predicted octanol–water partition coefficient (Wildman–Crippen LogP) is 1.73. The van der Waals surface area contributed by atoms with Crippen molar-refractivity contribution in [2.45, 2.75) is 32.2 Å². The second-order valence-electron chi connectivity index (χ2n) is 4.75. The highest BCUT2D eigenvalue weighted by Crippen LogP contribution is 2.21. The predicted molar refractivity (Wildman–Crippen MR) is 68.2 cm³/mol. The molecular formula is C13H23N3O. The molecule has 0 atom stereocenters. The lowest BCUT2D eigenvalue weighted by atomic mass is 10.1. The van der Waals surface area contributed by atoms with Crippen LogP contribution in [0.3, 0.4) is 0 Å². The largest absolute Gasteiger partial charge is 0.383 e. The van der Waals surface area contributed by atoms with Gasteiger partial charge in [0.2, 0.25) is 0 Å². The summed E-state index contributed by atoms with van der Waals surface area (Å²) in [5, 5.41) is 4.47. The lowest BCUT2D eigenvalue weighted by Crippen LogP contribution is -2.36. The van der Waals surface area contributed by atoms with Crippen LogP contribution in [0.25, 0.3) is 0 Å². The molecule has 0 unspecified atom stereocenters. The molecule has 0 saturated carbocycles. The Morgan fingerprint density at radius 1 is 1.41 bits per heavy atom. The lowest BCUT2D eigenvalue weighted by Gasteiger charge is -2.31. The number of hydrogen-bond acceptors (Lipinski definition) is 3. The van der Waals surface area contributed by atoms with Gasteiger partial charge >= 0.3 is 0 Å². The van der Waals surface area contributed by atoms with Gasteiger partial charge in [-0.15, -0.1) is 0 Å². The summed E-state index contributed by atoms with van der Waals surface area (Å²) >= 11 is 0. The van der Waals surface area contributed by atoms with E-state index >= 15 is 0 Å². The van der Waals surface area contributed by atoms with Crippen molar-refractivity contribution in [2.75, 3.05) is 33.4 Å². The highest BCUT2D eigenvalue weighted by atomic mass is 16.5. The number of nitrogens with zero attached hydrogens (tertiary/aromatic N) is 3. The molecule has 96 valence electrons. The lowest BCUT2D eigenvalue weighted by molar-refractivity contribution is 0.119. The van der Waals surface area contributed by atoms with E-state index in [4.69, 9.17) is 4.74 Å². The Morgan fingerprint density at radius 2 is 2.18 bits per heavy atom. The molecule has 1 saturated heterocycles. The van der Waals surface area contributed by atoms with Crippen LogP contribution in [0.4, 0.5) is 0 Å². The van der Waals surface area contributed by atoms with E-state index in [1.165, 1.54) is 18.4 Å². The highest BCUT2D eigenvalue weighted by Gasteiger charge is 2.20. The molecule has 0 aromatic carbocycles. The molecule has 1 aromatic heterocycles. The molecular weight excluding hydrogens is 214 g/mol. The van der Waals surface area contributed by atoms with E-state index in [2.05, 4.69) is 27.8 Å². The molecule has 17 heavy (non-hydrogen) atoms. The number of methoxy groups -OCH3 is 1. The van der Waals surface area contributed by atoms with Crippen molar-refractivity contribution in [3.63, 3.8) is 0 Å². The fraction of sp³-hybridized carbons (Fsp3) is 0.769. The molecule has 1 fully saturated rings. The minimum atomic E-state index is 0.592. The van der Waals surface area contributed by atoms with Gasteiger partial charge in [0.05, 0.1) is 18.8 Å². The second-order valence-corrected chi connectivity index (χ2v) is 4.75. The van der Waals surface area contributed by atoms with Crippen molar-refractivity contribution in [3.05, 3.63) is 18.0 Å². The average molecular weight is 237 g/mol. The van der Waals surface area contributed by atoms with Crippen molar-refractivity contribution >= 4 is 0 Å². The number of ether oxygens (including phenoxy) is 1. The van der Waals surface area contributed by atoms with E-state index in [1.807, 2.05) is 6.20 Å². The maximum atomic E-state index is 5.11. The van der Waals surface area contributed by atoms with Gasteiger partial charge in [-0.1, -0.05) is 6.92 Å². The zero-order chi connectivity index (χ0) is 12.1. The summed E-state index contributed by atoms with van der Waals surface area (Å²) in [5.74, 6) is 0. The van der Waals surface area contributed by atoms with E-state index < -0.39 is 0 Å². The minimum absolute atomic E-state index is 0.592. The first-order chi connectivity index (χ1) is 8.33. The maximum Gasteiger partial charge on any atom is 0.0589 e. The standard InChI is InChI=1S/C13H23N3O/c1-3-12-10-14-16(11-12)13-4-6-15(7-5-13)8-9-17-2/h10-11,13H,3-9H2,1-2H3. The number of hydrogen-bond donors (Lipinski definition) is 0. The van der Waals surface area contributed by atoms with Gasteiger partial charge in [-0.05, 0) is 24.8 Å². The molecule has 0 N–H and O–H groups in total. The Bertz CT molecular complexity index is 329. The summed E-state index contributed by atoms with van der Waals surface area (Å²) in [4.78, 5) is 2.48. The summed E-state index contributed by atoms with van der Waals surface area (Å²) in [6.45, 7) is 6.40. The Labute approximate surface area is 104 Å². The Balaban J connectivity index is 1.82. The first kappa shape index (κ1) is 12.6. The van der Waals surface area contributed by atoms with Crippen molar-refractivity contribution in [3.8, 4) is 0 Å². The Hall–Kier alpha value is -0.870. The molecule has 0 spiro atoms. The first-order valence-corrected chi connectivity index (χ1v) is 6.57. The van der Waals surface area contributed by atoms with Crippen LogP contribution in [-0.4, -0.2) is 48.0 Å². The summed E-state index contributed by atoms with van der Waals surface area (Å²) in [6, 6.07) is 0.592. The molecule has 4 nitrogen and oxygen atoms in total. The van der Waals surface area contributed by atoms with Crippen LogP contribution in [0.1, 0.15) is 31.4 Å². The summed E-state index contributed by atoms with van der Waals surface area (Å²) in [6.07, 6.45) is 7.68. The van der Waals surface area contributed by atoms with Gasteiger partial charge in [0.15, 0.2) is 0 Å². The van der Waals surface area contributed by atoms with Gasteiger partial charge < -0.3 is 9.64 Å². The molecule has 2 heterocycles. The smallest absolute Gasteiger partial charge is 0.0589 e. The molecule has 4 heteroatoms. The monoisotopic (exact) mass is 237 g/mol. The van der Waals surface area contributed by atoms with Gasteiger partial charge in [-0.25, -0.2) is 0 Å². The summed E-state index contributed by atoms with van der Waals surface area (Å²) in [5.41, 5.74) is 1.34. The summed E-state index contributed by atoms with van der Waals surface area (Å²) in [7, 11) is 1.77. The van der Waals surface area contributed by atoms with Crippen LogP contribution in [0, 0.1) is 0 Å². The van der Waals surface area contributed by atoms with Crippen molar-refractivity contribution in [2.24, 2.45) is 0 Å². The molecule has 0 radical (unpaired) electrons. The van der Waals surface area contributed by atoms with Gasteiger partial charge in [-0.2, -0.15) is 5.10 Å². The van der Waals surface area contributed by atoms with Crippen molar-refractivity contribution < 1.29 is 4.74 Å². The van der Waals surface area contributed by atoms with Gasteiger partial charge in [0.25, 0.3) is 0 Å². The molecule has 2 rings (SSSR count). The number of piperidine rings is 1. The molecule has 1 aliphatic heterocycles. The number of likely N-dealkylation sites (tertiary alicyclic amines) is 1. The van der Waals surface area contributed by atoms with Crippen LogP contribution >= 0.6 is 0 Å². The van der Waals surface area contributed by atoms with Crippen molar-refractivity contribution in [1.82, 2.24) is 14.7 Å². The van der Waals surface area contributed by atoms with Crippen LogP contribution in [0.15, 0.2) is 12.4 Å². The highest BCUT2D eigenvalue weighted by molar-refractivity contribution is 5.04. The molecule has 1 aliphatic rings. The fourth-order valence-electron chi connectivity index (χ4n) is 2.39. The van der Waals surface area contributed by atoms with Crippen molar-refractivity contribution in [1.29, 1.82) is 0 Å². The van der Waals surface area contributed by atoms with Gasteiger partial charge in [-0.3, -0.25) is 4.68 Å². The van der Waals surface area contributed by atoms with Gasteiger partial charge in [0, 0.05) is 32.9 Å². The molecule has 1 aromatic rings. The summed E-state index contributed by atoms with van der Waals surface area (Å²) < 4.78 is 7.27. The molecule has 0 bridgehead atoms. The third-order valence-corrected chi connectivity index (χ3v) is 3.61. The third kappa shape index (κ3) is 3.30. The third-order valence-electron chi connectivity index (χ3n) is 3.61. The van der Waals surface area contributed by atoms with Crippen LogP contribution in [0.2, 0.25) is 0 Å². The first-order valence-electron chi connectivity index (χ1n) is 6.57. The van der Waals surface area contributed by atoms with E-state index in [0.717, 1.165) is 32.7 Å². The van der Waals surface area contributed by atoms with Crippen LogP contribution < -0.4 is 0 Å². The quantitative estimate of drug-likeness (QED) is 0.781. The van der Waals surface area contributed by atoms with Crippen LogP contribution in [0.5, 0.6) is 0 Å². The zero-order valence-corrected chi connectivity index (χ0v) is 10.9. The minimum Gasteiger partial charge on any atom is -0.383 e. The number of rotatable bonds is 5. The number of aryl methyl sites for hydroxylation is 1. The molecule has 0 aliphatic carbocycles. The SMILES string of the molecule is CCc1cnn(C2CCN(CCOC)CC2)c1.